The van der Waals surface area contributed by atoms with Crippen molar-refractivity contribution in [2.45, 2.75) is 33.4 Å². The van der Waals surface area contributed by atoms with Crippen LogP contribution in [-0.4, -0.2) is 60.8 Å². The van der Waals surface area contributed by atoms with E-state index in [0.717, 1.165) is 40.3 Å². The fraction of sp³-hybridized carbons (Fsp3) is 0.458. The number of anilines is 1. The first-order valence-corrected chi connectivity index (χ1v) is 12.0. The van der Waals surface area contributed by atoms with Crippen molar-refractivity contribution in [3.8, 4) is 0 Å². The number of thiophene rings is 1. The molecule has 4 rings (SSSR count). The molecule has 1 atom stereocenters. The van der Waals surface area contributed by atoms with E-state index in [1.54, 1.807) is 19.1 Å². The van der Waals surface area contributed by atoms with E-state index in [1.165, 1.54) is 23.5 Å². The van der Waals surface area contributed by atoms with Crippen LogP contribution in [0.5, 0.6) is 0 Å². The van der Waals surface area contributed by atoms with Gasteiger partial charge in [0, 0.05) is 20.1 Å². The summed E-state index contributed by atoms with van der Waals surface area (Å²) in [5.41, 5.74) is 1.79. The van der Waals surface area contributed by atoms with Crippen LogP contribution in [0.1, 0.15) is 46.5 Å². The number of halogens is 1. The maximum atomic E-state index is 13.5. The summed E-state index contributed by atoms with van der Waals surface area (Å²) in [6.07, 6.45) is 0. The zero-order chi connectivity index (χ0) is 23.5. The lowest BCUT2D eigenvalue weighted by Crippen LogP contribution is -2.36. The monoisotopic (exact) mass is 472 g/mol. The molecule has 0 spiro atoms. The largest absolute Gasteiger partial charge is 0.462 e. The molecule has 1 aromatic carbocycles. The molecule has 1 aliphatic heterocycles. The van der Waals surface area contributed by atoms with Crippen molar-refractivity contribution in [2.24, 2.45) is 0 Å². The molecule has 0 radical (unpaired) electrons. The molecule has 0 bridgehead atoms. The van der Waals surface area contributed by atoms with Gasteiger partial charge >= 0.3 is 5.97 Å². The molecular formula is C24H29FN4O3S. The van der Waals surface area contributed by atoms with Crippen molar-refractivity contribution < 1.29 is 18.7 Å². The van der Waals surface area contributed by atoms with Gasteiger partial charge in [0.1, 0.15) is 27.2 Å². The molecule has 1 saturated heterocycles. The van der Waals surface area contributed by atoms with Gasteiger partial charge in [-0.25, -0.2) is 19.2 Å². The SMILES string of the molecule is CCOC(=O)c1sc2nc(CN3CCOCC3)nc(N(C)C(C)c3ccc(F)cc3)c2c1C. The molecule has 3 aromatic rings. The van der Waals surface area contributed by atoms with Gasteiger partial charge in [-0.2, -0.15) is 0 Å². The number of carbonyl (C=O) groups is 1. The van der Waals surface area contributed by atoms with Gasteiger partial charge in [-0.1, -0.05) is 12.1 Å². The van der Waals surface area contributed by atoms with E-state index in [-0.39, 0.29) is 17.8 Å². The molecule has 0 saturated carbocycles. The highest BCUT2D eigenvalue weighted by Gasteiger charge is 2.25. The predicted molar refractivity (Wildman–Crippen MR) is 127 cm³/mol. The standard InChI is InChI=1S/C24H29FN4O3S/c1-5-32-24(30)21-15(2)20-22(28(4)16(3)17-6-8-18(25)9-7-17)26-19(27-23(20)33-21)14-29-10-12-31-13-11-29/h6-9,16H,5,10-14H2,1-4H3. The number of nitrogens with zero attached hydrogens (tertiary/aromatic N) is 4. The topological polar surface area (TPSA) is 67.8 Å². The molecule has 33 heavy (non-hydrogen) atoms. The Bertz CT molecular complexity index is 1130. The average Bonchev–Trinajstić information content (AvgIpc) is 3.15. The van der Waals surface area contributed by atoms with E-state index >= 15 is 0 Å². The summed E-state index contributed by atoms with van der Waals surface area (Å²) < 4.78 is 24.2. The van der Waals surface area contributed by atoms with Crippen molar-refractivity contribution >= 4 is 33.3 Å². The number of benzene rings is 1. The molecule has 3 heterocycles. The Balaban J connectivity index is 1.78. The molecule has 1 unspecified atom stereocenters. The maximum absolute atomic E-state index is 13.5. The van der Waals surface area contributed by atoms with Crippen LogP contribution < -0.4 is 4.90 Å². The first kappa shape index (κ1) is 23.5. The highest BCUT2D eigenvalue weighted by atomic mass is 32.1. The lowest BCUT2D eigenvalue weighted by molar-refractivity contribution is 0.0331. The van der Waals surface area contributed by atoms with Crippen LogP contribution in [0.15, 0.2) is 24.3 Å². The fourth-order valence-electron chi connectivity index (χ4n) is 3.99. The van der Waals surface area contributed by atoms with E-state index < -0.39 is 0 Å². The van der Waals surface area contributed by atoms with Crippen LogP contribution in [0.2, 0.25) is 0 Å². The number of carbonyl (C=O) groups excluding carboxylic acids is 1. The first-order chi connectivity index (χ1) is 15.9. The number of aromatic nitrogens is 2. The molecule has 0 N–H and O–H groups in total. The van der Waals surface area contributed by atoms with Gasteiger partial charge in [-0.05, 0) is 44.0 Å². The van der Waals surface area contributed by atoms with E-state index in [9.17, 15) is 9.18 Å². The summed E-state index contributed by atoms with van der Waals surface area (Å²) >= 11 is 1.34. The highest BCUT2D eigenvalue weighted by molar-refractivity contribution is 7.20. The quantitative estimate of drug-likeness (QED) is 0.474. The van der Waals surface area contributed by atoms with Crippen LogP contribution in [0, 0.1) is 12.7 Å². The number of esters is 1. The number of morpholine rings is 1. The second-order valence-electron chi connectivity index (χ2n) is 8.15. The predicted octanol–water partition coefficient (Wildman–Crippen LogP) is 4.35. The van der Waals surface area contributed by atoms with Crippen molar-refractivity contribution in [3.63, 3.8) is 0 Å². The summed E-state index contributed by atoms with van der Waals surface area (Å²) in [5.74, 6) is 0.852. The molecule has 9 heteroatoms. The maximum Gasteiger partial charge on any atom is 0.348 e. The Labute approximate surface area is 197 Å². The van der Waals surface area contributed by atoms with E-state index in [0.29, 0.717) is 37.1 Å². The third kappa shape index (κ3) is 5.00. The molecule has 176 valence electrons. The zero-order valence-electron chi connectivity index (χ0n) is 19.4. The van der Waals surface area contributed by atoms with Crippen LogP contribution in [0.4, 0.5) is 10.2 Å². The van der Waals surface area contributed by atoms with Crippen LogP contribution in [-0.2, 0) is 16.0 Å². The van der Waals surface area contributed by atoms with E-state index in [1.807, 2.05) is 14.0 Å². The lowest BCUT2D eigenvalue weighted by atomic mass is 10.1. The van der Waals surface area contributed by atoms with Crippen LogP contribution in [0.3, 0.4) is 0 Å². The summed E-state index contributed by atoms with van der Waals surface area (Å²) in [7, 11) is 1.97. The van der Waals surface area contributed by atoms with Gasteiger partial charge in [-0.3, -0.25) is 4.90 Å². The first-order valence-electron chi connectivity index (χ1n) is 11.1. The Morgan fingerprint density at radius 2 is 1.97 bits per heavy atom. The number of hydrogen-bond donors (Lipinski definition) is 0. The number of hydrogen-bond acceptors (Lipinski definition) is 8. The van der Waals surface area contributed by atoms with Gasteiger partial charge in [-0.15, -0.1) is 11.3 Å². The van der Waals surface area contributed by atoms with Gasteiger partial charge < -0.3 is 14.4 Å². The molecule has 1 aliphatic rings. The van der Waals surface area contributed by atoms with Gasteiger partial charge in [0.05, 0.1) is 37.8 Å². The minimum Gasteiger partial charge on any atom is -0.462 e. The Morgan fingerprint density at radius 1 is 1.27 bits per heavy atom. The Kier molecular flexibility index (Phi) is 7.21. The minimum absolute atomic E-state index is 0.0646. The minimum atomic E-state index is -0.340. The average molecular weight is 473 g/mol. The normalized spacial score (nSPS) is 15.5. The smallest absolute Gasteiger partial charge is 0.348 e. The lowest BCUT2D eigenvalue weighted by Gasteiger charge is -2.29. The number of rotatable bonds is 7. The summed E-state index contributed by atoms with van der Waals surface area (Å²) in [6.45, 7) is 9.73. The van der Waals surface area contributed by atoms with Crippen molar-refractivity contribution in [1.29, 1.82) is 0 Å². The Hall–Kier alpha value is -2.62. The van der Waals surface area contributed by atoms with Gasteiger partial charge in [0.15, 0.2) is 0 Å². The van der Waals surface area contributed by atoms with Crippen molar-refractivity contribution in [1.82, 2.24) is 14.9 Å². The fourth-order valence-corrected chi connectivity index (χ4v) is 5.07. The molecule has 0 amide bonds. The van der Waals surface area contributed by atoms with Crippen molar-refractivity contribution in [2.75, 3.05) is 44.9 Å². The third-order valence-corrected chi connectivity index (χ3v) is 7.18. The summed E-state index contributed by atoms with van der Waals surface area (Å²) in [6, 6.07) is 6.44. The molecule has 7 nitrogen and oxygen atoms in total. The number of fused-ring (bicyclic) bond motifs is 1. The number of aryl methyl sites for hydroxylation is 1. The Morgan fingerprint density at radius 3 is 2.64 bits per heavy atom. The third-order valence-electron chi connectivity index (χ3n) is 6.01. The zero-order valence-corrected chi connectivity index (χ0v) is 20.2. The molecule has 1 fully saturated rings. The second kappa shape index (κ2) is 10.1. The van der Waals surface area contributed by atoms with Gasteiger partial charge in [0.25, 0.3) is 0 Å². The molecular weight excluding hydrogens is 443 g/mol. The van der Waals surface area contributed by atoms with E-state index in [4.69, 9.17) is 19.4 Å². The molecule has 0 aliphatic carbocycles. The summed E-state index contributed by atoms with van der Waals surface area (Å²) in [5, 5.41) is 0.852. The number of ether oxygens (including phenoxy) is 2. The second-order valence-corrected chi connectivity index (χ2v) is 9.15. The van der Waals surface area contributed by atoms with Crippen LogP contribution >= 0.6 is 11.3 Å². The summed E-state index contributed by atoms with van der Waals surface area (Å²) in [4.78, 5) is 28.0. The van der Waals surface area contributed by atoms with Crippen LogP contribution in [0.25, 0.3) is 10.2 Å². The molecule has 2 aromatic heterocycles. The van der Waals surface area contributed by atoms with Gasteiger partial charge in [0.2, 0.25) is 0 Å². The van der Waals surface area contributed by atoms with Crippen molar-refractivity contribution in [3.05, 3.63) is 51.9 Å². The van der Waals surface area contributed by atoms with E-state index in [2.05, 4.69) is 16.7 Å². The highest BCUT2D eigenvalue weighted by Crippen LogP contribution is 2.38.